The fourth-order valence-electron chi connectivity index (χ4n) is 2.38. The lowest BCUT2D eigenvalue weighted by atomic mass is 9.97. The average Bonchev–Trinajstić information content (AvgIpc) is 2.71. The van der Waals surface area contributed by atoms with Crippen LogP contribution in [0.5, 0.6) is 0 Å². The summed E-state index contributed by atoms with van der Waals surface area (Å²) in [5, 5.41) is 0. The second kappa shape index (κ2) is 12.9. The summed E-state index contributed by atoms with van der Waals surface area (Å²) in [6.45, 7) is 7.29. The monoisotopic (exact) mass is 418 g/mol. The van der Waals surface area contributed by atoms with E-state index in [1.165, 1.54) is 24.3 Å². The molecule has 0 aliphatic heterocycles. The molecule has 0 N–H and O–H groups in total. The fourth-order valence-corrected chi connectivity index (χ4v) is 2.38. The Balaban J connectivity index is 3.56. The van der Waals surface area contributed by atoms with Crippen LogP contribution in [-0.2, 0) is 28.5 Å². The SMILES string of the molecule is CCOC(=O)C=Cc1cc(C(=O)OCC)c(C=CC(=O)OCC)cc1C(=O)OCC. The molecule has 1 rings (SSSR count). The minimum Gasteiger partial charge on any atom is -0.463 e. The van der Waals surface area contributed by atoms with Crippen LogP contribution in [0.2, 0.25) is 0 Å². The van der Waals surface area contributed by atoms with Gasteiger partial charge in [0.25, 0.3) is 0 Å². The first kappa shape index (κ1) is 24.6. The predicted molar refractivity (Wildman–Crippen MR) is 110 cm³/mol. The van der Waals surface area contributed by atoms with Crippen molar-refractivity contribution in [3.63, 3.8) is 0 Å². The average molecular weight is 418 g/mol. The van der Waals surface area contributed by atoms with Gasteiger partial charge in [-0.2, -0.15) is 0 Å². The molecule has 1 aromatic carbocycles. The first-order valence-corrected chi connectivity index (χ1v) is 9.59. The van der Waals surface area contributed by atoms with Crippen molar-refractivity contribution < 1.29 is 38.1 Å². The summed E-state index contributed by atoms with van der Waals surface area (Å²) in [7, 11) is 0. The molecule has 0 aromatic heterocycles. The standard InChI is InChI=1S/C22H26O8/c1-5-27-19(23)11-9-15-13-18(22(26)30-8-4)16(10-12-20(24)28-6-2)14-17(15)21(25)29-7-3/h9-14H,5-8H2,1-4H3. The lowest BCUT2D eigenvalue weighted by Gasteiger charge is -2.12. The zero-order valence-corrected chi connectivity index (χ0v) is 17.6. The Bertz CT molecular complexity index is 766. The predicted octanol–water partition coefficient (Wildman–Crippen LogP) is 3.19. The maximum Gasteiger partial charge on any atom is 0.338 e. The van der Waals surface area contributed by atoms with E-state index in [0.717, 1.165) is 12.2 Å². The molecule has 0 saturated carbocycles. The molecule has 162 valence electrons. The molecule has 0 atom stereocenters. The molecule has 0 heterocycles. The van der Waals surface area contributed by atoms with Gasteiger partial charge in [0.1, 0.15) is 0 Å². The molecule has 8 heteroatoms. The van der Waals surface area contributed by atoms with Gasteiger partial charge in [0.2, 0.25) is 0 Å². The number of carbonyl (C=O) groups is 4. The van der Waals surface area contributed by atoms with Gasteiger partial charge in [-0.3, -0.25) is 0 Å². The number of carbonyl (C=O) groups excluding carboxylic acids is 4. The molecule has 1 aromatic rings. The normalized spacial score (nSPS) is 10.8. The zero-order chi connectivity index (χ0) is 22.5. The Morgan fingerprint density at radius 3 is 1.27 bits per heavy atom. The van der Waals surface area contributed by atoms with Crippen LogP contribution < -0.4 is 0 Å². The van der Waals surface area contributed by atoms with Crippen LogP contribution in [0.1, 0.15) is 59.5 Å². The lowest BCUT2D eigenvalue weighted by Crippen LogP contribution is -2.12. The molecule has 0 saturated heterocycles. The van der Waals surface area contributed by atoms with E-state index >= 15 is 0 Å². The lowest BCUT2D eigenvalue weighted by molar-refractivity contribution is -0.138. The number of rotatable bonds is 10. The fraction of sp³-hybridized carbons (Fsp3) is 0.364. The number of benzene rings is 1. The van der Waals surface area contributed by atoms with E-state index in [4.69, 9.17) is 18.9 Å². The molecule has 0 bridgehead atoms. The maximum atomic E-state index is 12.4. The van der Waals surface area contributed by atoms with E-state index < -0.39 is 23.9 Å². The summed E-state index contributed by atoms with van der Waals surface area (Å²) in [5.41, 5.74) is 0.735. The summed E-state index contributed by atoms with van der Waals surface area (Å²) in [4.78, 5) is 48.2. The molecular weight excluding hydrogens is 392 g/mol. The van der Waals surface area contributed by atoms with Gasteiger partial charge >= 0.3 is 23.9 Å². The second-order valence-electron chi connectivity index (χ2n) is 5.64. The van der Waals surface area contributed by atoms with Crippen molar-refractivity contribution >= 4 is 36.0 Å². The Kier molecular flexibility index (Phi) is 10.6. The third-order valence-corrected chi connectivity index (χ3v) is 3.58. The topological polar surface area (TPSA) is 105 Å². The Morgan fingerprint density at radius 1 is 0.633 bits per heavy atom. The third-order valence-electron chi connectivity index (χ3n) is 3.58. The van der Waals surface area contributed by atoms with E-state index in [2.05, 4.69) is 0 Å². The van der Waals surface area contributed by atoms with Crippen LogP contribution in [-0.4, -0.2) is 50.3 Å². The van der Waals surface area contributed by atoms with Crippen LogP contribution >= 0.6 is 0 Å². The van der Waals surface area contributed by atoms with E-state index in [9.17, 15) is 19.2 Å². The molecular formula is C22H26O8. The smallest absolute Gasteiger partial charge is 0.338 e. The van der Waals surface area contributed by atoms with E-state index in [-0.39, 0.29) is 48.7 Å². The van der Waals surface area contributed by atoms with Gasteiger partial charge in [0, 0.05) is 12.2 Å². The molecule has 0 aliphatic rings. The molecule has 8 nitrogen and oxygen atoms in total. The third kappa shape index (κ3) is 7.54. The second-order valence-corrected chi connectivity index (χ2v) is 5.64. The van der Waals surface area contributed by atoms with Crippen LogP contribution in [0, 0.1) is 0 Å². The van der Waals surface area contributed by atoms with Crippen LogP contribution in [0.25, 0.3) is 12.2 Å². The molecule has 0 fully saturated rings. The largest absolute Gasteiger partial charge is 0.463 e. The summed E-state index contributed by atoms with van der Waals surface area (Å²) >= 11 is 0. The summed E-state index contributed by atoms with van der Waals surface area (Å²) in [5.74, 6) is -2.50. The minimum atomic E-state index is -0.651. The zero-order valence-electron chi connectivity index (χ0n) is 17.6. The van der Waals surface area contributed by atoms with E-state index in [1.807, 2.05) is 0 Å². The highest BCUT2D eigenvalue weighted by Gasteiger charge is 2.19. The van der Waals surface area contributed by atoms with Gasteiger partial charge in [0.15, 0.2) is 0 Å². The van der Waals surface area contributed by atoms with Gasteiger partial charge in [-0.15, -0.1) is 0 Å². The Morgan fingerprint density at radius 2 is 0.967 bits per heavy atom. The van der Waals surface area contributed by atoms with Crippen molar-refractivity contribution in [3.05, 3.63) is 46.5 Å². The quantitative estimate of drug-likeness (QED) is 0.324. The first-order valence-electron chi connectivity index (χ1n) is 9.59. The first-order chi connectivity index (χ1) is 14.4. The van der Waals surface area contributed by atoms with Crippen molar-refractivity contribution in [3.8, 4) is 0 Å². The summed E-state index contributed by atoms with van der Waals surface area (Å²) in [6, 6.07) is 2.79. The molecule has 0 amide bonds. The highest BCUT2D eigenvalue weighted by Crippen LogP contribution is 2.22. The number of hydrogen-bond acceptors (Lipinski definition) is 8. The molecule has 0 unspecified atom stereocenters. The Labute approximate surface area is 175 Å². The number of ether oxygens (including phenoxy) is 4. The van der Waals surface area contributed by atoms with Gasteiger partial charge in [-0.25, -0.2) is 19.2 Å². The Hall–Kier alpha value is -3.42. The number of esters is 4. The molecule has 30 heavy (non-hydrogen) atoms. The van der Waals surface area contributed by atoms with Crippen LogP contribution in [0.3, 0.4) is 0 Å². The summed E-state index contributed by atoms with van der Waals surface area (Å²) in [6.07, 6.45) is 4.99. The van der Waals surface area contributed by atoms with E-state index in [0.29, 0.717) is 0 Å². The molecule has 0 spiro atoms. The molecule has 0 radical (unpaired) electrons. The van der Waals surface area contributed by atoms with Gasteiger partial charge in [-0.1, -0.05) is 0 Å². The van der Waals surface area contributed by atoms with Crippen molar-refractivity contribution in [1.82, 2.24) is 0 Å². The van der Waals surface area contributed by atoms with Crippen molar-refractivity contribution in [2.45, 2.75) is 27.7 Å². The van der Waals surface area contributed by atoms with Gasteiger partial charge < -0.3 is 18.9 Å². The van der Waals surface area contributed by atoms with Gasteiger partial charge in [-0.05, 0) is 63.1 Å². The van der Waals surface area contributed by atoms with E-state index in [1.54, 1.807) is 27.7 Å². The maximum absolute atomic E-state index is 12.4. The summed E-state index contributed by atoms with van der Waals surface area (Å²) < 4.78 is 19.8. The number of hydrogen-bond donors (Lipinski definition) is 0. The van der Waals surface area contributed by atoms with Crippen molar-refractivity contribution in [2.24, 2.45) is 0 Å². The minimum absolute atomic E-state index is 0.106. The molecule has 0 aliphatic carbocycles. The van der Waals surface area contributed by atoms with Crippen molar-refractivity contribution in [2.75, 3.05) is 26.4 Å². The highest BCUT2D eigenvalue weighted by molar-refractivity contribution is 6.02. The van der Waals surface area contributed by atoms with Gasteiger partial charge in [0.05, 0.1) is 37.6 Å². The van der Waals surface area contributed by atoms with Crippen molar-refractivity contribution in [1.29, 1.82) is 0 Å². The van der Waals surface area contributed by atoms with Crippen LogP contribution in [0.4, 0.5) is 0 Å². The van der Waals surface area contributed by atoms with Crippen LogP contribution in [0.15, 0.2) is 24.3 Å². The highest BCUT2D eigenvalue weighted by atomic mass is 16.5.